The standard InChI is InChI=1S/C24H25N5O4S2/c1-17-20(15-28(17)35(31,32)27-11-5-6-12-27)22-19(14-25)24(34-16-18-8-3-2-4-9-18)29(26-22)23(30)21-10-7-13-33-21/h2-4,7-10,13,17,20H,5-6,11-12,15-16H2,1H3. The average Bonchev–Trinajstić information content (AvgIpc) is 3.63. The van der Waals surface area contributed by atoms with Gasteiger partial charge in [-0.1, -0.05) is 30.3 Å². The molecule has 0 radical (unpaired) electrons. The summed E-state index contributed by atoms with van der Waals surface area (Å²) in [7, 11) is -3.55. The fourth-order valence-corrected chi connectivity index (χ4v) is 7.52. The lowest BCUT2D eigenvalue weighted by Gasteiger charge is -2.45. The van der Waals surface area contributed by atoms with Crippen LogP contribution in [0.2, 0.25) is 0 Å². The molecule has 2 aromatic heterocycles. The number of hydrogen-bond acceptors (Lipinski definition) is 7. The molecule has 0 aliphatic carbocycles. The quantitative estimate of drug-likeness (QED) is 0.447. The normalized spacial score (nSPS) is 21.0. The van der Waals surface area contributed by atoms with E-state index in [2.05, 4.69) is 11.2 Å². The van der Waals surface area contributed by atoms with Crippen LogP contribution in [0.3, 0.4) is 0 Å². The van der Waals surface area contributed by atoms with Crippen molar-refractivity contribution in [2.75, 3.05) is 19.6 Å². The second-order valence-electron chi connectivity index (χ2n) is 8.68. The van der Waals surface area contributed by atoms with Crippen molar-refractivity contribution in [2.24, 2.45) is 0 Å². The monoisotopic (exact) mass is 511 g/mol. The van der Waals surface area contributed by atoms with Crippen LogP contribution in [0.15, 0.2) is 58.2 Å². The number of nitrogens with zero attached hydrogens (tertiary/aromatic N) is 5. The van der Waals surface area contributed by atoms with E-state index in [4.69, 9.17) is 4.42 Å². The average molecular weight is 512 g/mol. The number of carbonyl (C=O) groups excluding carboxylic acids is 1. The number of furan rings is 1. The molecule has 2 fully saturated rings. The van der Waals surface area contributed by atoms with Crippen molar-refractivity contribution in [3.63, 3.8) is 0 Å². The van der Waals surface area contributed by atoms with Crippen LogP contribution in [0, 0.1) is 11.3 Å². The zero-order valence-electron chi connectivity index (χ0n) is 19.2. The molecule has 35 heavy (non-hydrogen) atoms. The van der Waals surface area contributed by atoms with Gasteiger partial charge in [-0.15, -0.1) is 11.8 Å². The third kappa shape index (κ3) is 4.31. The van der Waals surface area contributed by atoms with E-state index in [1.165, 1.54) is 31.3 Å². The van der Waals surface area contributed by atoms with E-state index < -0.39 is 16.1 Å². The molecular weight excluding hydrogens is 486 g/mol. The predicted molar refractivity (Wildman–Crippen MR) is 130 cm³/mol. The molecule has 2 aliphatic heterocycles. The summed E-state index contributed by atoms with van der Waals surface area (Å²) in [5.41, 5.74) is 1.80. The molecule has 3 aromatic rings. The van der Waals surface area contributed by atoms with Crippen LogP contribution >= 0.6 is 11.8 Å². The van der Waals surface area contributed by atoms with Crippen molar-refractivity contribution in [3.05, 3.63) is 71.3 Å². The molecule has 1 aromatic carbocycles. The molecule has 0 saturated carbocycles. The molecule has 0 amide bonds. The fourth-order valence-electron chi connectivity index (χ4n) is 4.55. The lowest BCUT2D eigenvalue weighted by atomic mass is 9.88. The Kier molecular flexibility index (Phi) is 6.55. The first-order chi connectivity index (χ1) is 16.9. The predicted octanol–water partition coefficient (Wildman–Crippen LogP) is 3.46. The largest absolute Gasteiger partial charge is 0.459 e. The van der Waals surface area contributed by atoms with Gasteiger partial charge in [0.1, 0.15) is 16.7 Å². The Morgan fingerprint density at radius 2 is 1.94 bits per heavy atom. The first-order valence-corrected chi connectivity index (χ1v) is 13.8. The molecule has 9 nitrogen and oxygen atoms in total. The van der Waals surface area contributed by atoms with Crippen LogP contribution < -0.4 is 0 Å². The van der Waals surface area contributed by atoms with Crippen molar-refractivity contribution in [1.82, 2.24) is 18.4 Å². The summed E-state index contributed by atoms with van der Waals surface area (Å²) in [5.74, 6) is -0.0996. The molecule has 182 valence electrons. The van der Waals surface area contributed by atoms with Gasteiger partial charge in [-0.05, 0) is 37.5 Å². The summed E-state index contributed by atoms with van der Waals surface area (Å²) >= 11 is 1.35. The Balaban J connectivity index is 1.47. The summed E-state index contributed by atoms with van der Waals surface area (Å²) in [6.07, 6.45) is 3.14. The van der Waals surface area contributed by atoms with E-state index in [9.17, 15) is 18.5 Å². The Bertz CT molecular complexity index is 1360. The molecule has 11 heteroatoms. The molecule has 2 unspecified atom stereocenters. The van der Waals surface area contributed by atoms with Crippen molar-refractivity contribution < 1.29 is 17.6 Å². The lowest BCUT2D eigenvalue weighted by molar-refractivity contribution is 0.0903. The highest BCUT2D eigenvalue weighted by Crippen LogP contribution is 2.41. The third-order valence-corrected chi connectivity index (χ3v) is 9.80. The summed E-state index contributed by atoms with van der Waals surface area (Å²) < 4.78 is 35.6. The molecule has 2 saturated heterocycles. The highest BCUT2D eigenvalue weighted by atomic mass is 32.2. The van der Waals surface area contributed by atoms with Crippen LogP contribution in [0.5, 0.6) is 0 Å². The second kappa shape index (κ2) is 9.62. The lowest BCUT2D eigenvalue weighted by Crippen LogP contribution is -2.59. The van der Waals surface area contributed by atoms with Gasteiger partial charge in [0.2, 0.25) is 0 Å². The SMILES string of the molecule is CC1C(c2nn(C(=O)c3ccco3)c(SCc3ccccc3)c2C#N)CN1S(=O)(=O)N1CCCC1. The number of rotatable bonds is 7. The van der Waals surface area contributed by atoms with Crippen molar-refractivity contribution >= 4 is 27.9 Å². The Morgan fingerprint density at radius 3 is 2.57 bits per heavy atom. The van der Waals surface area contributed by atoms with Gasteiger partial charge >= 0.3 is 5.91 Å². The zero-order valence-corrected chi connectivity index (χ0v) is 20.8. The zero-order chi connectivity index (χ0) is 24.6. The maximum absolute atomic E-state index is 13.2. The molecule has 4 heterocycles. The number of carbonyl (C=O) groups is 1. The Morgan fingerprint density at radius 1 is 1.20 bits per heavy atom. The van der Waals surface area contributed by atoms with Gasteiger partial charge < -0.3 is 4.42 Å². The molecule has 0 spiro atoms. The molecular formula is C24H25N5O4S2. The van der Waals surface area contributed by atoms with Crippen LogP contribution in [0.25, 0.3) is 0 Å². The van der Waals surface area contributed by atoms with Gasteiger partial charge in [0.25, 0.3) is 10.2 Å². The van der Waals surface area contributed by atoms with E-state index in [1.54, 1.807) is 12.1 Å². The van der Waals surface area contributed by atoms with Crippen LogP contribution in [-0.2, 0) is 16.0 Å². The van der Waals surface area contributed by atoms with Gasteiger partial charge in [-0.3, -0.25) is 4.79 Å². The van der Waals surface area contributed by atoms with Gasteiger partial charge in [0.05, 0.1) is 12.0 Å². The van der Waals surface area contributed by atoms with Crippen LogP contribution in [0.1, 0.15) is 53.1 Å². The molecule has 2 atom stereocenters. The summed E-state index contributed by atoms with van der Waals surface area (Å²) in [5, 5.41) is 15.1. The van der Waals surface area contributed by atoms with E-state index in [0.29, 0.717) is 35.1 Å². The number of benzene rings is 1. The first kappa shape index (κ1) is 23.8. The molecule has 0 bridgehead atoms. The molecule has 0 N–H and O–H groups in total. The minimum atomic E-state index is -3.55. The smallest absolute Gasteiger partial charge is 0.314 e. The van der Waals surface area contributed by atoms with Gasteiger partial charge in [-0.25, -0.2) is 0 Å². The molecule has 5 rings (SSSR count). The van der Waals surface area contributed by atoms with Gasteiger partial charge in [-0.2, -0.15) is 32.1 Å². The minimum Gasteiger partial charge on any atom is -0.459 e. The minimum absolute atomic E-state index is 0.116. The Labute approximate surface area is 208 Å². The second-order valence-corrected chi connectivity index (χ2v) is 11.5. The van der Waals surface area contributed by atoms with E-state index in [1.807, 2.05) is 37.3 Å². The van der Waals surface area contributed by atoms with Crippen molar-refractivity contribution in [1.29, 1.82) is 5.26 Å². The topological polar surface area (TPSA) is 112 Å². The maximum atomic E-state index is 13.2. The molecule has 2 aliphatic rings. The third-order valence-electron chi connectivity index (χ3n) is 6.58. The van der Waals surface area contributed by atoms with Crippen LogP contribution in [-0.4, -0.2) is 58.4 Å². The highest BCUT2D eigenvalue weighted by molar-refractivity contribution is 7.98. The summed E-state index contributed by atoms with van der Waals surface area (Å²) in [4.78, 5) is 13.2. The van der Waals surface area contributed by atoms with E-state index in [0.717, 1.165) is 18.4 Å². The van der Waals surface area contributed by atoms with E-state index in [-0.39, 0.29) is 24.3 Å². The maximum Gasteiger partial charge on any atom is 0.314 e. The Hall–Kier alpha value is -2.91. The number of thioether (sulfide) groups is 1. The highest BCUT2D eigenvalue weighted by Gasteiger charge is 2.49. The fraction of sp³-hybridized carbons (Fsp3) is 0.375. The van der Waals surface area contributed by atoms with Crippen molar-refractivity contribution in [3.8, 4) is 6.07 Å². The van der Waals surface area contributed by atoms with Crippen LogP contribution in [0.4, 0.5) is 0 Å². The number of hydrogen-bond donors (Lipinski definition) is 0. The van der Waals surface area contributed by atoms with Gasteiger partial charge in [0, 0.05) is 37.3 Å². The number of aromatic nitrogens is 2. The van der Waals surface area contributed by atoms with E-state index >= 15 is 0 Å². The van der Waals surface area contributed by atoms with Gasteiger partial charge in [0.15, 0.2) is 5.76 Å². The summed E-state index contributed by atoms with van der Waals surface area (Å²) in [6, 6.07) is 14.8. The summed E-state index contributed by atoms with van der Waals surface area (Å²) in [6.45, 7) is 3.12. The first-order valence-electron chi connectivity index (χ1n) is 11.5. The number of nitriles is 1. The van der Waals surface area contributed by atoms with Crippen molar-refractivity contribution in [2.45, 2.75) is 42.5 Å².